The number of carboxylic acid groups (broad SMARTS) is 1. The van der Waals surface area contributed by atoms with Gasteiger partial charge in [-0.1, -0.05) is 35.9 Å². The normalized spacial score (nSPS) is 15.7. The highest BCUT2D eigenvalue weighted by molar-refractivity contribution is 6.30. The smallest absolute Gasteiger partial charge is 0.255 e. The number of hydrogen-bond acceptors (Lipinski definition) is 5. The van der Waals surface area contributed by atoms with E-state index in [2.05, 4.69) is 5.32 Å². The van der Waals surface area contributed by atoms with Crippen molar-refractivity contribution in [3.63, 3.8) is 0 Å². The summed E-state index contributed by atoms with van der Waals surface area (Å²) in [4.78, 5) is 37.0. The van der Waals surface area contributed by atoms with Crippen molar-refractivity contribution in [2.45, 2.75) is 18.4 Å². The van der Waals surface area contributed by atoms with Gasteiger partial charge in [0, 0.05) is 24.2 Å². The Morgan fingerprint density at radius 3 is 2.30 bits per heavy atom. The number of benzene rings is 2. The van der Waals surface area contributed by atoms with Crippen molar-refractivity contribution in [1.29, 1.82) is 0 Å². The number of likely N-dealkylation sites (tertiary alicyclic amines) is 1. The van der Waals surface area contributed by atoms with Crippen LogP contribution in [0.1, 0.15) is 28.8 Å². The molecule has 0 atom stereocenters. The molecule has 0 aromatic heterocycles. The zero-order valence-corrected chi connectivity index (χ0v) is 16.8. The summed E-state index contributed by atoms with van der Waals surface area (Å²) < 4.78 is 0. The molecule has 1 heterocycles. The highest BCUT2D eigenvalue weighted by Gasteiger charge is 2.36. The van der Waals surface area contributed by atoms with E-state index >= 15 is 0 Å². The van der Waals surface area contributed by atoms with Gasteiger partial charge in [-0.2, -0.15) is 0 Å². The van der Waals surface area contributed by atoms with Crippen LogP contribution in [0.25, 0.3) is 0 Å². The van der Waals surface area contributed by atoms with Crippen molar-refractivity contribution in [1.82, 2.24) is 4.90 Å². The van der Waals surface area contributed by atoms with Crippen molar-refractivity contribution < 1.29 is 24.6 Å². The summed E-state index contributed by atoms with van der Waals surface area (Å²) >= 11 is 5.91. The number of nitrogens with one attached hydrogen (secondary N) is 1. The lowest BCUT2D eigenvalue weighted by Crippen LogP contribution is -2.45. The van der Waals surface area contributed by atoms with Crippen molar-refractivity contribution in [3.05, 3.63) is 76.8 Å². The van der Waals surface area contributed by atoms with E-state index in [4.69, 9.17) is 11.6 Å². The molecule has 156 valence electrons. The average molecular weight is 428 g/mol. The molecule has 1 aliphatic rings. The molecule has 2 aromatic carbocycles. The molecule has 30 heavy (non-hydrogen) atoms. The van der Waals surface area contributed by atoms with E-state index in [9.17, 15) is 24.6 Å². The van der Waals surface area contributed by atoms with E-state index in [1.54, 1.807) is 53.4 Å². The second-order valence-electron chi connectivity index (χ2n) is 7.02. The summed E-state index contributed by atoms with van der Waals surface area (Å²) in [5.41, 5.74) is 0.273. The minimum atomic E-state index is -1.49. The van der Waals surface area contributed by atoms with Gasteiger partial charge in [0.1, 0.15) is 0 Å². The zero-order valence-electron chi connectivity index (χ0n) is 16.0. The van der Waals surface area contributed by atoms with Gasteiger partial charge in [0.2, 0.25) is 5.91 Å². The van der Waals surface area contributed by atoms with E-state index < -0.39 is 17.5 Å². The first-order valence-corrected chi connectivity index (χ1v) is 9.73. The van der Waals surface area contributed by atoms with Crippen molar-refractivity contribution in [2.24, 2.45) is 0 Å². The highest BCUT2D eigenvalue weighted by Crippen LogP contribution is 2.34. The van der Waals surface area contributed by atoms with Crippen LogP contribution in [-0.4, -0.2) is 40.9 Å². The van der Waals surface area contributed by atoms with Crippen LogP contribution in [0.15, 0.2) is 60.7 Å². The minimum absolute atomic E-state index is 0.272. The number of aliphatic carboxylic acids is 1. The average Bonchev–Trinajstić information content (AvgIpc) is 2.73. The van der Waals surface area contributed by atoms with E-state index in [0.717, 1.165) is 11.6 Å². The topological polar surface area (TPSA) is 110 Å². The number of nitrogens with zero attached hydrogens (tertiary/aromatic N) is 1. The SMILES string of the molecule is O=C([O-])/C=C\C(=O)Nc1ccccc1C(=O)N1CCC(O)(c2ccc(Cl)cc2)CC1. The number of para-hydroxylation sites is 1. The molecule has 0 aliphatic carbocycles. The summed E-state index contributed by atoms with van der Waals surface area (Å²) in [5, 5.41) is 24.5. The van der Waals surface area contributed by atoms with Crippen molar-refractivity contribution in [3.8, 4) is 0 Å². The molecule has 1 aliphatic heterocycles. The third-order valence-electron chi connectivity index (χ3n) is 5.05. The van der Waals surface area contributed by atoms with Crippen LogP contribution in [0, 0.1) is 0 Å². The number of amides is 2. The van der Waals surface area contributed by atoms with Crippen LogP contribution < -0.4 is 10.4 Å². The summed E-state index contributed by atoms with van der Waals surface area (Å²) in [6.45, 7) is 0.676. The maximum atomic E-state index is 13.0. The van der Waals surface area contributed by atoms with Gasteiger partial charge in [0.05, 0.1) is 22.8 Å². The van der Waals surface area contributed by atoms with Gasteiger partial charge in [-0.25, -0.2) is 0 Å². The molecule has 0 spiro atoms. The first kappa shape index (κ1) is 21.5. The number of carboxylic acids is 1. The minimum Gasteiger partial charge on any atom is -0.545 e. The van der Waals surface area contributed by atoms with Gasteiger partial charge >= 0.3 is 0 Å². The van der Waals surface area contributed by atoms with E-state index in [1.165, 1.54) is 0 Å². The lowest BCUT2D eigenvalue weighted by molar-refractivity contribution is -0.297. The van der Waals surface area contributed by atoms with Crippen molar-refractivity contribution >= 4 is 35.1 Å². The maximum absolute atomic E-state index is 13.0. The van der Waals surface area contributed by atoms with Gasteiger partial charge in [-0.05, 0) is 48.7 Å². The maximum Gasteiger partial charge on any atom is 0.255 e. The predicted octanol–water partition coefficient (Wildman–Crippen LogP) is 1.71. The number of rotatable bonds is 5. The summed E-state index contributed by atoms with van der Waals surface area (Å²) in [5.74, 6) is -2.46. The Balaban J connectivity index is 1.70. The number of halogens is 1. The number of carbonyl (C=O) groups excluding carboxylic acids is 3. The van der Waals surface area contributed by atoms with Gasteiger partial charge in [-0.3, -0.25) is 9.59 Å². The van der Waals surface area contributed by atoms with Gasteiger partial charge in [-0.15, -0.1) is 0 Å². The number of piperidine rings is 1. The lowest BCUT2D eigenvalue weighted by Gasteiger charge is -2.38. The molecular weight excluding hydrogens is 408 g/mol. The van der Waals surface area contributed by atoms with Crippen LogP contribution in [-0.2, 0) is 15.2 Å². The largest absolute Gasteiger partial charge is 0.545 e. The second-order valence-corrected chi connectivity index (χ2v) is 7.45. The highest BCUT2D eigenvalue weighted by atomic mass is 35.5. The Bertz CT molecular complexity index is 979. The number of anilines is 1. The third-order valence-corrected chi connectivity index (χ3v) is 5.30. The second kappa shape index (κ2) is 9.11. The monoisotopic (exact) mass is 427 g/mol. The Labute approximate surface area is 178 Å². The molecule has 2 aromatic rings. The summed E-state index contributed by atoms with van der Waals surface area (Å²) in [7, 11) is 0. The fourth-order valence-electron chi connectivity index (χ4n) is 3.40. The first-order chi connectivity index (χ1) is 14.3. The van der Waals surface area contributed by atoms with Crippen LogP contribution in [0.5, 0.6) is 0 Å². The van der Waals surface area contributed by atoms with Crippen LogP contribution >= 0.6 is 11.6 Å². The standard InChI is InChI=1S/C22H21ClN2O5/c23-16-7-5-15(6-8-16)22(30)11-13-25(14-12-22)21(29)17-3-1-2-4-18(17)24-19(26)9-10-20(27)28/h1-10,30H,11-14H2,(H,24,26)(H,27,28)/p-1/b10-9-. The van der Waals surface area contributed by atoms with Crippen molar-refractivity contribution in [2.75, 3.05) is 18.4 Å². The number of hydrogen-bond donors (Lipinski definition) is 2. The van der Waals surface area contributed by atoms with Crippen LogP contribution in [0.4, 0.5) is 5.69 Å². The predicted molar refractivity (Wildman–Crippen MR) is 110 cm³/mol. The van der Waals surface area contributed by atoms with Crippen LogP contribution in [0.2, 0.25) is 5.02 Å². The fourth-order valence-corrected chi connectivity index (χ4v) is 3.52. The molecular formula is C22H20ClN2O5-. The summed E-state index contributed by atoms with van der Waals surface area (Å²) in [6, 6.07) is 13.5. The third kappa shape index (κ3) is 5.06. The Kier molecular flexibility index (Phi) is 6.54. The number of carbonyl (C=O) groups is 3. The molecule has 0 unspecified atom stereocenters. The molecule has 0 radical (unpaired) electrons. The molecule has 3 rings (SSSR count). The lowest BCUT2D eigenvalue weighted by atomic mass is 9.84. The van der Waals surface area contributed by atoms with Gasteiger partial charge < -0.3 is 25.2 Å². The fraction of sp³-hybridized carbons (Fsp3) is 0.227. The Morgan fingerprint density at radius 2 is 1.67 bits per heavy atom. The van der Waals surface area contributed by atoms with Crippen LogP contribution in [0.3, 0.4) is 0 Å². The Morgan fingerprint density at radius 1 is 1.03 bits per heavy atom. The molecule has 2 N–H and O–H groups in total. The number of aliphatic hydroxyl groups is 1. The quantitative estimate of drug-likeness (QED) is 0.706. The Hall–Kier alpha value is -3.16. The molecule has 0 saturated carbocycles. The molecule has 0 bridgehead atoms. The summed E-state index contributed by atoms with van der Waals surface area (Å²) in [6.07, 6.45) is 2.16. The molecule has 2 amide bonds. The molecule has 7 nitrogen and oxygen atoms in total. The first-order valence-electron chi connectivity index (χ1n) is 9.35. The van der Waals surface area contributed by atoms with E-state index in [0.29, 0.717) is 37.0 Å². The van der Waals surface area contributed by atoms with E-state index in [-0.39, 0.29) is 17.2 Å². The zero-order chi connectivity index (χ0) is 21.7. The molecule has 1 fully saturated rings. The van der Waals surface area contributed by atoms with E-state index in [1.807, 2.05) is 0 Å². The van der Waals surface area contributed by atoms with Gasteiger partial charge in [0.25, 0.3) is 5.91 Å². The van der Waals surface area contributed by atoms with Gasteiger partial charge in [0.15, 0.2) is 0 Å². The molecule has 8 heteroatoms. The molecule has 1 saturated heterocycles.